The highest BCUT2D eigenvalue weighted by atomic mass is 16.4. The summed E-state index contributed by atoms with van der Waals surface area (Å²) in [6.07, 6.45) is 0. The Kier molecular flexibility index (Phi) is 3.01. The molecule has 17 heavy (non-hydrogen) atoms. The Labute approximate surface area is 99.2 Å². The third-order valence-electron chi connectivity index (χ3n) is 2.75. The topological polar surface area (TPSA) is 73.2 Å². The summed E-state index contributed by atoms with van der Waals surface area (Å²) in [7, 11) is 0. The van der Waals surface area contributed by atoms with Crippen molar-refractivity contribution in [3.8, 4) is 0 Å². The number of aromatic nitrogens is 1. The Morgan fingerprint density at radius 1 is 1.29 bits per heavy atom. The molecule has 2 aromatic rings. The Morgan fingerprint density at radius 2 is 1.94 bits per heavy atom. The second-order valence-corrected chi connectivity index (χ2v) is 3.94. The van der Waals surface area contributed by atoms with E-state index in [1.807, 2.05) is 31.4 Å². The lowest BCUT2D eigenvalue weighted by Crippen LogP contribution is -2.29. The van der Waals surface area contributed by atoms with Crippen molar-refractivity contribution >= 4 is 5.91 Å². The second-order valence-electron chi connectivity index (χ2n) is 3.94. The molecular weight excluding hydrogens is 218 g/mol. The lowest BCUT2D eigenvalue weighted by atomic mass is 10.4. The normalized spacial score (nSPS) is 10.5. The van der Waals surface area contributed by atoms with Crippen LogP contribution in [0.4, 0.5) is 0 Å². The van der Waals surface area contributed by atoms with Gasteiger partial charge in [0.05, 0.1) is 6.54 Å². The van der Waals surface area contributed by atoms with E-state index in [1.54, 1.807) is 12.1 Å². The van der Waals surface area contributed by atoms with E-state index in [0.717, 1.165) is 17.1 Å². The molecule has 90 valence electrons. The number of hydrogen-bond donors (Lipinski definition) is 2. The van der Waals surface area contributed by atoms with Gasteiger partial charge in [-0.05, 0) is 38.1 Å². The Hall–Kier alpha value is -2.01. The largest absolute Gasteiger partial charge is 0.454 e. The van der Waals surface area contributed by atoms with Crippen LogP contribution in [-0.2, 0) is 6.54 Å². The van der Waals surface area contributed by atoms with Gasteiger partial charge >= 0.3 is 5.91 Å². The van der Waals surface area contributed by atoms with Gasteiger partial charge in [0.15, 0.2) is 5.76 Å². The quantitative estimate of drug-likeness (QED) is 0.477. The van der Waals surface area contributed by atoms with Crippen LogP contribution in [0.25, 0.3) is 0 Å². The maximum absolute atomic E-state index is 11.2. The molecule has 0 aliphatic carbocycles. The zero-order valence-electron chi connectivity index (χ0n) is 9.86. The number of nitrogen functional groups attached to an aromatic ring is 1. The summed E-state index contributed by atoms with van der Waals surface area (Å²) in [4.78, 5) is 11.2. The number of hydrogen-bond acceptors (Lipinski definition) is 3. The van der Waals surface area contributed by atoms with E-state index < -0.39 is 5.91 Å². The number of carbonyl (C=O) groups excluding carboxylic acids is 1. The molecule has 2 rings (SSSR count). The lowest BCUT2D eigenvalue weighted by Gasteiger charge is -2.06. The highest BCUT2D eigenvalue weighted by molar-refractivity contribution is 5.90. The van der Waals surface area contributed by atoms with Gasteiger partial charge in [0.1, 0.15) is 5.76 Å². The third-order valence-corrected chi connectivity index (χ3v) is 2.75. The molecule has 0 unspecified atom stereocenters. The predicted molar refractivity (Wildman–Crippen MR) is 63.4 cm³/mol. The average Bonchev–Trinajstić information content (AvgIpc) is 2.90. The van der Waals surface area contributed by atoms with Gasteiger partial charge in [-0.15, -0.1) is 0 Å². The molecular formula is C12H15N3O2. The van der Waals surface area contributed by atoms with Crippen molar-refractivity contribution in [2.45, 2.75) is 20.4 Å². The van der Waals surface area contributed by atoms with E-state index in [0.29, 0.717) is 6.54 Å². The minimum Gasteiger partial charge on any atom is -0.454 e. The first kappa shape index (κ1) is 11.5. The van der Waals surface area contributed by atoms with Gasteiger partial charge < -0.3 is 8.98 Å². The van der Waals surface area contributed by atoms with E-state index >= 15 is 0 Å². The first-order chi connectivity index (χ1) is 8.11. The molecule has 0 bridgehead atoms. The van der Waals surface area contributed by atoms with Crippen LogP contribution in [0.15, 0.2) is 28.7 Å². The number of furan rings is 1. The van der Waals surface area contributed by atoms with Crippen molar-refractivity contribution < 1.29 is 9.21 Å². The lowest BCUT2D eigenvalue weighted by molar-refractivity contribution is 0.0924. The SMILES string of the molecule is Cc1ccc(C)n1Cc1ccc(C(=O)NN)o1. The van der Waals surface area contributed by atoms with Crippen molar-refractivity contribution in [1.29, 1.82) is 0 Å². The van der Waals surface area contributed by atoms with Crippen LogP contribution in [0.1, 0.15) is 27.7 Å². The third kappa shape index (κ3) is 2.24. The zero-order valence-corrected chi connectivity index (χ0v) is 9.86. The molecule has 5 nitrogen and oxygen atoms in total. The minimum absolute atomic E-state index is 0.227. The highest BCUT2D eigenvalue weighted by Crippen LogP contribution is 2.13. The molecule has 0 saturated carbocycles. The Morgan fingerprint density at radius 3 is 2.53 bits per heavy atom. The fourth-order valence-corrected chi connectivity index (χ4v) is 1.76. The Bertz CT molecular complexity index is 520. The maximum Gasteiger partial charge on any atom is 0.300 e. The molecule has 0 saturated heterocycles. The smallest absolute Gasteiger partial charge is 0.300 e. The monoisotopic (exact) mass is 233 g/mol. The van der Waals surface area contributed by atoms with E-state index in [1.165, 1.54) is 0 Å². The summed E-state index contributed by atoms with van der Waals surface area (Å²) in [5, 5.41) is 0. The van der Waals surface area contributed by atoms with Crippen molar-refractivity contribution in [2.75, 3.05) is 0 Å². The molecule has 5 heteroatoms. The summed E-state index contributed by atoms with van der Waals surface area (Å²) in [5.41, 5.74) is 4.35. The molecule has 0 aliphatic rings. The summed E-state index contributed by atoms with van der Waals surface area (Å²) >= 11 is 0. The first-order valence-electron chi connectivity index (χ1n) is 5.34. The van der Waals surface area contributed by atoms with Gasteiger partial charge in [-0.3, -0.25) is 10.2 Å². The molecule has 0 aromatic carbocycles. The summed E-state index contributed by atoms with van der Waals surface area (Å²) < 4.78 is 7.52. The fraction of sp³-hybridized carbons (Fsp3) is 0.250. The van der Waals surface area contributed by atoms with E-state index in [-0.39, 0.29) is 5.76 Å². The molecule has 2 aromatic heterocycles. The van der Waals surface area contributed by atoms with E-state index in [2.05, 4.69) is 4.57 Å². The van der Waals surface area contributed by atoms with Crippen LogP contribution in [0, 0.1) is 13.8 Å². The van der Waals surface area contributed by atoms with E-state index in [4.69, 9.17) is 10.3 Å². The number of amides is 1. The molecule has 0 spiro atoms. The van der Waals surface area contributed by atoms with Gasteiger partial charge in [-0.1, -0.05) is 0 Å². The molecule has 1 amide bonds. The average molecular weight is 233 g/mol. The highest BCUT2D eigenvalue weighted by Gasteiger charge is 2.10. The number of nitrogens with zero attached hydrogens (tertiary/aromatic N) is 1. The fourth-order valence-electron chi connectivity index (χ4n) is 1.76. The Balaban J connectivity index is 2.20. The van der Waals surface area contributed by atoms with Crippen molar-refractivity contribution in [3.05, 3.63) is 47.2 Å². The standard InChI is InChI=1S/C12H15N3O2/c1-8-3-4-9(2)15(8)7-10-5-6-11(17-10)12(16)14-13/h3-6H,7,13H2,1-2H3,(H,14,16). The zero-order chi connectivity index (χ0) is 12.4. The van der Waals surface area contributed by atoms with Crippen LogP contribution in [-0.4, -0.2) is 10.5 Å². The van der Waals surface area contributed by atoms with Crippen molar-refractivity contribution in [3.63, 3.8) is 0 Å². The van der Waals surface area contributed by atoms with Crippen LogP contribution in [0.2, 0.25) is 0 Å². The van der Waals surface area contributed by atoms with Crippen molar-refractivity contribution in [2.24, 2.45) is 5.84 Å². The summed E-state index contributed by atoms with van der Waals surface area (Å²) in [5.74, 6) is 5.57. The molecule has 0 fully saturated rings. The van der Waals surface area contributed by atoms with Crippen LogP contribution in [0.3, 0.4) is 0 Å². The van der Waals surface area contributed by atoms with Crippen LogP contribution >= 0.6 is 0 Å². The molecule has 3 N–H and O–H groups in total. The molecule has 2 heterocycles. The molecule has 0 atom stereocenters. The number of nitrogens with one attached hydrogen (secondary N) is 1. The van der Waals surface area contributed by atoms with Crippen LogP contribution < -0.4 is 11.3 Å². The molecule has 0 aliphatic heterocycles. The van der Waals surface area contributed by atoms with Gasteiger partial charge in [0.25, 0.3) is 0 Å². The van der Waals surface area contributed by atoms with Gasteiger partial charge in [-0.25, -0.2) is 5.84 Å². The summed E-state index contributed by atoms with van der Waals surface area (Å²) in [6, 6.07) is 7.49. The second kappa shape index (κ2) is 4.47. The summed E-state index contributed by atoms with van der Waals surface area (Å²) in [6.45, 7) is 4.68. The van der Waals surface area contributed by atoms with Gasteiger partial charge in [0.2, 0.25) is 0 Å². The first-order valence-corrected chi connectivity index (χ1v) is 5.34. The maximum atomic E-state index is 11.2. The number of hydrazine groups is 1. The van der Waals surface area contributed by atoms with Crippen molar-refractivity contribution in [1.82, 2.24) is 9.99 Å². The van der Waals surface area contributed by atoms with Crippen LogP contribution in [0.5, 0.6) is 0 Å². The van der Waals surface area contributed by atoms with Gasteiger partial charge in [0, 0.05) is 11.4 Å². The van der Waals surface area contributed by atoms with E-state index in [9.17, 15) is 4.79 Å². The minimum atomic E-state index is -0.419. The number of carbonyl (C=O) groups is 1. The van der Waals surface area contributed by atoms with Gasteiger partial charge in [-0.2, -0.15) is 0 Å². The number of rotatable bonds is 3. The number of nitrogens with two attached hydrogens (primary N) is 1. The number of aryl methyl sites for hydroxylation is 2. The molecule has 0 radical (unpaired) electrons. The predicted octanol–water partition coefficient (Wildman–Crippen LogP) is 1.35.